The fraction of sp³-hybridized carbons (Fsp3) is 0.588. The molecule has 1 aliphatic heterocycles. The first-order valence-corrected chi connectivity index (χ1v) is 9.26. The third kappa shape index (κ3) is 4.38. The van der Waals surface area contributed by atoms with Crippen molar-refractivity contribution >= 4 is 28.6 Å². The van der Waals surface area contributed by atoms with Crippen LogP contribution in [-0.2, 0) is 25.6 Å². The van der Waals surface area contributed by atoms with E-state index in [-0.39, 0.29) is 5.92 Å². The van der Waals surface area contributed by atoms with Gasteiger partial charge in [-0.05, 0) is 17.7 Å². The molecule has 1 aliphatic rings. The Morgan fingerprint density at radius 2 is 1.96 bits per heavy atom. The lowest BCUT2D eigenvalue weighted by Gasteiger charge is -2.42. The third-order valence-electron chi connectivity index (χ3n) is 4.22. The Labute approximate surface area is 155 Å². The highest BCUT2D eigenvalue weighted by molar-refractivity contribution is 14.1. The van der Waals surface area contributed by atoms with Gasteiger partial charge in [0.2, 0.25) is 0 Å². The van der Waals surface area contributed by atoms with E-state index >= 15 is 0 Å². The molecule has 0 aliphatic carbocycles. The number of aliphatic hydroxyl groups excluding tert-OH is 1. The minimum atomic E-state index is -0.795. The number of hydrogen-bond acceptors (Lipinski definition) is 6. The molecule has 1 fully saturated rings. The van der Waals surface area contributed by atoms with E-state index in [2.05, 4.69) is 22.6 Å². The first-order valence-electron chi connectivity index (χ1n) is 7.73. The van der Waals surface area contributed by atoms with Gasteiger partial charge in [-0.3, -0.25) is 0 Å². The Kier molecular flexibility index (Phi) is 7.27. The van der Waals surface area contributed by atoms with Crippen molar-refractivity contribution in [2.75, 3.05) is 18.6 Å². The summed E-state index contributed by atoms with van der Waals surface area (Å²) in [4.78, 5) is 11.9. The molecule has 1 saturated heterocycles. The molecule has 0 aromatic heterocycles. The Hall–Kier alpha value is -0.900. The molecule has 6 nitrogen and oxygen atoms in total. The van der Waals surface area contributed by atoms with Crippen LogP contribution in [0.4, 0.5) is 0 Å². The first-order chi connectivity index (χ1) is 11.5. The zero-order chi connectivity index (χ0) is 17.7. The van der Waals surface area contributed by atoms with E-state index in [0.717, 1.165) is 11.3 Å². The SMILES string of the molecule is COC(=O)[C@@H]1O[C@H](CI)[C@@H](O)[C@H](OCc2ccc(OC)cc2)[C@H]1C. The number of carbonyl (C=O) groups excluding carboxylic acids is 1. The van der Waals surface area contributed by atoms with Crippen molar-refractivity contribution in [2.45, 2.75) is 37.9 Å². The van der Waals surface area contributed by atoms with Crippen molar-refractivity contribution in [1.82, 2.24) is 0 Å². The first kappa shape index (κ1) is 19.4. The normalized spacial score (nSPS) is 30.0. The molecule has 24 heavy (non-hydrogen) atoms. The highest BCUT2D eigenvalue weighted by Gasteiger charge is 2.46. The fourth-order valence-electron chi connectivity index (χ4n) is 2.77. The standard InChI is InChI=1S/C17H23IO6/c1-10-15(23-9-11-4-6-12(21-2)7-5-11)14(19)13(8-18)24-16(10)17(20)22-3/h4-7,10,13-16,19H,8-9H2,1-3H3/t10-,13-,14-,15-,16-/m1/s1. The zero-order valence-corrected chi connectivity index (χ0v) is 16.1. The number of benzene rings is 1. The summed E-state index contributed by atoms with van der Waals surface area (Å²) in [7, 11) is 2.94. The molecular weight excluding hydrogens is 427 g/mol. The van der Waals surface area contributed by atoms with Crippen molar-refractivity contribution in [3.63, 3.8) is 0 Å². The molecule has 0 radical (unpaired) electrons. The maximum Gasteiger partial charge on any atom is 0.335 e. The number of rotatable bonds is 6. The second-order valence-corrected chi connectivity index (χ2v) is 6.63. The van der Waals surface area contributed by atoms with Gasteiger partial charge in [0.05, 0.1) is 33.0 Å². The molecule has 1 aromatic rings. The van der Waals surface area contributed by atoms with E-state index in [1.54, 1.807) is 7.11 Å². The molecule has 0 amide bonds. The fourth-order valence-corrected chi connectivity index (χ4v) is 3.49. The Bertz CT molecular complexity index is 534. The van der Waals surface area contributed by atoms with Crippen LogP contribution in [0.25, 0.3) is 0 Å². The number of methoxy groups -OCH3 is 2. The average Bonchev–Trinajstić information content (AvgIpc) is 2.61. The summed E-state index contributed by atoms with van der Waals surface area (Å²) in [5, 5.41) is 10.5. The van der Waals surface area contributed by atoms with Gasteiger partial charge in [0.15, 0.2) is 6.10 Å². The van der Waals surface area contributed by atoms with E-state index in [1.165, 1.54) is 7.11 Å². The maximum atomic E-state index is 11.9. The molecule has 0 unspecified atom stereocenters. The molecule has 0 spiro atoms. The number of alkyl halides is 1. The number of esters is 1. The summed E-state index contributed by atoms with van der Waals surface area (Å²) < 4.78 is 22.1. The van der Waals surface area contributed by atoms with E-state index in [1.807, 2.05) is 31.2 Å². The lowest BCUT2D eigenvalue weighted by atomic mass is 9.88. The van der Waals surface area contributed by atoms with Gasteiger partial charge in [0.1, 0.15) is 11.9 Å². The summed E-state index contributed by atoms with van der Waals surface area (Å²) in [5.74, 6) is 0.0150. The Morgan fingerprint density at radius 1 is 1.29 bits per heavy atom. The second kappa shape index (κ2) is 8.98. The maximum absolute atomic E-state index is 11.9. The van der Waals surface area contributed by atoms with E-state index in [0.29, 0.717) is 11.0 Å². The van der Waals surface area contributed by atoms with Crippen molar-refractivity contribution in [3.05, 3.63) is 29.8 Å². The molecule has 1 N–H and O–H groups in total. The van der Waals surface area contributed by atoms with Crippen LogP contribution < -0.4 is 4.74 Å². The van der Waals surface area contributed by atoms with Crippen molar-refractivity contribution in [2.24, 2.45) is 5.92 Å². The van der Waals surface area contributed by atoms with E-state index in [9.17, 15) is 9.90 Å². The van der Waals surface area contributed by atoms with Crippen LogP contribution in [0.15, 0.2) is 24.3 Å². The van der Waals surface area contributed by atoms with Crippen LogP contribution in [-0.4, -0.2) is 54.1 Å². The Balaban J connectivity index is 2.07. The monoisotopic (exact) mass is 450 g/mol. The summed E-state index contributed by atoms with van der Waals surface area (Å²) in [6, 6.07) is 7.52. The van der Waals surface area contributed by atoms with Crippen LogP contribution in [0.2, 0.25) is 0 Å². The van der Waals surface area contributed by atoms with Crippen molar-refractivity contribution in [1.29, 1.82) is 0 Å². The predicted molar refractivity (Wildman–Crippen MR) is 96.3 cm³/mol. The average molecular weight is 450 g/mol. The summed E-state index contributed by atoms with van der Waals surface area (Å²) in [6.07, 6.45) is -2.51. The van der Waals surface area contributed by atoms with Crippen molar-refractivity contribution < 1.29 is 28.8 Å². The van der Waals surface area contributed by atoms with Gasteiger partial charge in [0, 0.05) is 10.3 Å². The van der Waals surface area contributed by atoms with Crippen LogP contribution in [0.3, 0.4) is 0 Å². The number of hydrogen-bond donors (Lipinski definition) is 1. The predicted octanol–water partition coefficient (Wildman–Crippen LogP) is 1.95. The summed E-state index contributed by atoms with van der Waals surface area (Å²) >= 11 is 2.13. The minimum absolute atomic E-state index is 0.315. The van der Waals surface area contributed by atoms with Crippen LogP contribution in [0.1, 0.15) is 12.5 Å². The van der Waals surface area contributed by atoms with Gasteiger partial charge in [-0.25, -0.2) is 4.79 Å². The molecule has 0 bridgehead atoms. The van der Waals surface area contributed by atoms with Crippen LogP contribution in [0.5, 0.6) is 5.75 Å². The van der Waals surface area contributed by atoms with Crippen LogP contribution in [0, 0.1) is 5.92 Å². The summed E-state index contributed by atoms with van der Waals surface area (Å²) in [6.45, 7) is 2.16. The number of carbonyl (C=O) groups is 1. The molecule has 7 heteroatoms. The second-order valence-electron chi connectivity index (χ2n) is 5.75. The quantitative estimate of drug-likeness (QED) is 0.406. The molecule has 5 atom stereocenters. The number of aliphatic hydroxyl groups is 1. The third-order valence-corrected chi connectivity index (χ3v) is 5.09. The Morgan fingerprint density at radius 3 is 2.50 bits per heavy atom. The topological polar surface area (TPSA) is 74.2 Å². The molecule has 2 rings (SSSR count). The van der Waals surface area contributed by atoms with Gasteiger partial charge < -0.3 is 24.1 Å². The van der Waals surface area contributed by atoms with Gasteiger partial charge in [-0.15, -0.1) is 0 Å². The van der Waals surface area contributed by atoms with E-state index < -0.39 is 30.4 Å². The zero-order valence-electron chi connectivity index (χ0n) is 14.0. The van der Waals surface area contributed by atoms with Crippen LogP contribution >= 0.6 is 22.6 Å². The smallest absolute Gasteiger partial charge is 0.335 e. The lowest BCUT2D eigenvalue weighted by Crippen LogP contribution is -2.57. The van der Waals surface area contributed by atoms with Crippen molar-refractivity contribution in [3.8, 4) is 5.75 Å². The largest absolute Gasteiger partial charge is 0.497 e. The van der Waals surface area contributed by atoms with Gasteiger partial charge in [0.25, 0.3) is 0 Å². The molecule has 1 heterocycles. The number of halogens is 1. The van der Waals surface area contributed by atoms with Gasteiger partial charge >= 0.3 is 5.97 Å². The molecular formula is C17H23IO6. The minimum Gasteiger partial charge on any atom is -0.497 e. The summed E-state index contributed by atoms with van der Waals surface area (Å²) in [5.41, 5.74) is 0.960. The van der Waals surface area contributed by atoms with Gasteiger partial charge in [-0.1, -0.05) is 41.6 Å². The molecule has 134 valence electrons. The molecule has 1 aromatic carbocycles. The highest BCUT2D eigenvalue weighted by atomic mass is 127. The molecule has 0 saturated carbocycles. The lowest BCUT2D eigenvalue weighted by molar-refractivity contribution is -0.216. The number of ether oxygens (including phenoxy) is 4. The highest BCUT2D eigenvalue weighted by Crippen LogP contribution is 2.30. The van der Waals surface area contributed by atoms with Gasteiger partial charge in [-0.2, -0.15) is 0 Å². The van der Waals surface area contributed by atoms with E-state index in [4.69, 9.17) is 18.9 Å².